The Morgan fingerprint density at radius 1 is 1.18 bits per heavy atom. The van der Waals surface area contributed by atoms with Gasteiger partial charge in [0.1, 0.15) is 5.75 Å². The summed E-state index contributed by atoms with van der Waals surface area (Å²) < 4.78 is 5.74. The van der Waals surface area contributed by atoms with E-state index >= 15 is 0 Å². The van der Waals surface area contributed by atoms with Crippen LogP contribution >= 0.6 is 0 Å². The molecular formula is C17H21N3O2. The van der Waals surface area contributed by atoms with Gasteiger partial charge in [0, 0.05) is 37.8 Å². The number of nitrogens with zero attached hydrogens (tertiary/aromatic N) is 3. The number of hydrogen-bond acceptors (Lipinski definition) is 4. The molecule has 2 heterocycles. The van der Waals surface area contributed by atoms with Crippen molar-refractivity contribution in [3.8, 4) is 5.75 Å². The second kappa shape index (κ2) is 6.75. The molecule has 0 N–H and O–H groups in total. The van der Waals surface area contributed by atoms with Gasteiger partial charge in [-0.2, -0.15) is 0 Å². The molecule has 0 spiro atoms. The maximum atomic E-state index is 12.3. The van der Waals surface area contributed by atoms with Gasteiger partial charge >= 0.3 is 0 Å². The van der Waals surface area contributed by atoms with Crippen molar-refractivity contribution in [2.45, 2.75) is 6.92 Å². The van der Waals surface area contributed by atoms with Gasteiger partial charge in [-0.15, -0.1) is 0 Å². The van der Waals surface area contributed by atoms with Gasteiger partial charge in [-0.1, -0.05) is 19.1 Å². The van der Waals surface area contributed by atoms with Gasteiger partial charge in [0.25, 0.3) is 5.91 Å². The molecule has 1 aromatic carbocycles. The van der Waals surface area contributed by atoms with Gasteiger partial charge in [0.15, 0.2) is 6.61 Å². The number of carbonyl (C=O) groups excluding carboxylic acids is 1. The molecular weight excluding hydrogens is 278 g/mol. The first-order valence-electron chi connectivity index (χ1n) is 7.74. The summed E-state index contributed by atoms with van der Waals surface area (Å²) in [7, 11) is 0. The summed E-state index contributed by atoms with van der Waals surface area (Å²) in [4.78, 5) is 20.8. The fourth-order valence-corrected chi connectivity index (χ4v) is 2.74. The number of aromatic nitrogens is 1. The molecule has 116 valence electrons. The summed E-state index contributed by atoms with van der Waals surface area (Å²) >= 11 is 0. The number of carbonyl (C=O) groups is 1. The minimum absolute atomic E-state index is 0.0525. The van der Waals surface area contributed by atoms with Crippen LogP contribution in [0.4, 0.5) is 0 Å². The van der Waals surface area contributed by atoms with Crippen molar-refractivity contribution < 1.29 is 9.53 Å². The third-order valence-electron chi connectivity index (χ3n) is 4.13. The normalized spacial score (nSPS) is 16.0. The predicted molar refractivity (Wildman–Crippen MR) is 85.9 cm³/mol. The van der Waals surface area contributed by atoms with Crippen molar-refractivity contribution in [2.24, 2.45) is 0 Å². The fraction of sp³-hybridized carbons (Fsp3) is 0.412. The summed E-state index contributed by atoms with van der Waals surface area (Å²) in [6.45, 7) is 6.73. The van der Waals surface area contributed by atoms with Gasteiger partial charge in [-0.3, -0.25) is 9.78 Å². The zero-order valence-corrected chi connectivity index (χ0v) is 12.9. The molecule has 2 aromatic rings. The molecule has 0 radical (unpaired) electrons. The number of ether oxygens (including phenoxy) is 1. The highest BCUT2D eigenvalue weighted by Gasteiger charge is 2.20. The summed E-state index contributed by atoms with van der Waals surface area (Å²) in [5, 5.41) is 0.939. The van der Waals surface area contributed by atoms with E-state index in [1.54, 1.807) is 6.20 Å². The lowest BCUT2D eigenvalue weighted by Crippen LogP contribution is -2.49. The molecule has 0 saturated carbocycles. The summed E-state index contributed by atoms with van der Waals surface area (Å²) in [6.07, 6.45) is 1.71. The number of para-hydroxylation sites is 1. The maximum absolute atomic E-state index is 12.3. The number of likely N-dealkylation sites (N-methyl/N-ethyl adjacent to an activating group) is 1. The Kier molecular flexibility index (Phi) is 4.53. The lowest BCUT2D eigenvalue weighted by molar-refractivity contribution is -0.135. The molecule has 0 unspecified atom stereocenters. The fourth-order valence-electron chi connectivity index (χ4n) is 2.74. The summed E-state index contributed by atoms with van der Waals surface area (Å²) in [5.74, 6) is 0.766. The molecule has 5 nitrogen and oxygen atoms in total. The highest BCUT2D eigenvalue weighted by atomic mass is 16.5. The highest BCUT2D eigenvalue weighted by Crippen LogP contribution is 2.23. The lowest BCUT2D eigenvalue weighted by atomic mass is 10.2. The number of fused-ring (bicyclic) bond motifs is 1. The van der Waals surface area contributed by atoms with E-state index in [0.29, 0.717) is 5.75 Å². The van der Waals surface area contributed by atoms with E-state index in [0.717, 1.165) is 43.6 Å². The van der Waals surface area contributed by atoms with Crippen LogP contribution in [-0.4, -0.2) is 60.0 Å². The number of amides is 1. The molecule has 1 fully saturated rings. The first kappa shape index (κ1) is 14.8. The Labute approximate surface area is 130 Å². The Hall–Kier alpha value is -2.14. The van der Waals surface area contributed by atoms with E-state index in [-0.39, 0.29) is 12.5 Å². The Balaban J connectivity index is 1.61. The monoisotopic (exact) mass is 299 g/mol. The van der Waals surface area contributed by atoms with Crippen LogP contribution in [0.5, 0.6) is 5.75 Å². The SMILES string of the molecule is CCN1CCN(C(=O)COc2ccnc3ccccc23)CC1. The minimum atomic E-state index is 0.0525. The molecule has 1 saturated heterocycles. The van der Waals surface area contributed by atoms with Gasteiger partial charge in [-0.05, 0) is 24.7 Å². The molecule has 1 amide bonds. The van der Waals surface area contributed by atoms with Crippen molar-refractivity contribution in [1.82, 2.24) is 14.8 Å². The molecule has 0 atom stereocenters. The third-order valence-corrected chi connectivity index (χ3v) is 4.13. The molecule has 3 rings (SSSR count). The third kappa shape index (κ3) is 3.20. The van der Waals surface area contributed by atoms with E-state index in [9.17, 15) is 4.79 Å². The molecule has 1 aromatic heterocycles. The van der Waals surface area contributed by atoms with Crippen LogP contribution in [0.3, 0.4) is 0 Å². The van der Waals surface area contributed by atoms with Crippen LogP contribution in [0.15, 0.2) is 36.5 Å². The topological polar surface area (TPSA) is 45.7 Å². The van der Waals surface area contributed by atoms with Gasteiger partial charge in [0.05, 0.1) is 5.52 Å². The minimum Gasteiger partial charge on any atom is -0.483 e. The molecule has 0 aliphatic carbocycles. The molecule has 5 heteroatoms. The molecule has 1 aliphatic rings. The largest absolute Gasteiger partial charge is 0.483 e. The second-order valence-corrected chi connectivity index (χ2v) is 5.43. The van der Waals surface area contributed by atoms with E-state index in [1.165, 1.54) is 0 Å². The zero-order chi connectivity index (χ0) is 15.4. The lowest BCUT2D eigenvalue weighted by Gasteiger charge is -2.33. The Bertz CT molecular complexity index is 646. The Morgan fingerprint density at radius 3 is 2.73 bits per heavy atom. The molecule has 22 heavy (non-hydrogen) atoms. The van der Waals surface area contributed by atoms with E-state index < -0.39 is 0 Å². The van der Waals surface area contributed by atoms with Crippen molar-refractivity contribution in [3.05, 3.63) is 36.5 Å². The Morgan fingerprint density at radius 2 is 1.95 bits per heavy atom. The number of piperazine rings is 1. The number of hydrogen-bond donors (Lipinski definition) is 0. The standard InChI is InChI=1S/C17H21N3O2/c1-2-19-9-11-20(12-10-19)17(21)13-22-16-7-8-18-15-6-4-3-5-14(15)16/h3-8H,2,9-13H2,1H3. The van der Waals surface area contributed by atoms with Gasteiger partial charge in [0.2, 0.25) is 0 Å². The molecule has 1 aliphatic heterocycles. The highest BCUT2D eigenvalue weighted by molar-refractivity contribution is 5.85. The first-order chi connectivity index (χ1) is 10.8. The summed E-state index contributed by atoms with van der Waals surface area (Å²) in [5.41, 5.74) is 0.879. The zero-order valence-electron chi connectivity index (χ0n) is 12.9. The van der Waals surface area contributed by atoms with E-state index in [1.807, 2.05) is 35.2 Å². The van der Waals surface area contributed by atoms with Crippen LogP contribution < -0.4 is 4.74 Å². The smallest absolute Gasteiger partial charge is 0.260 e. The van der Waals surface area contributed by atoms with Crippen LogP contribution in [0, 0.1) is 0 Å². The van der Waals surface area contributed by atoms with Crippen molar-refractivity contribution >= 4 is 16.8 Å². The maximum Gasteiger partial charge on any atom is 0.260 e. The van der Waals surface area contributed by atoms with Crippen LogP contribution in [0.2, 0.25) is 0 Å². The van der Waals surface area contributed by atoms with Crippen molar-refractivity contribution in [2.75, 3.05) is 39.3 Å². The second-order valence-electron chi connectivity index (χ2n) is 5.43. The van der Waals surface area contributed by atoms with Crippen LogP contribution in [0.25, 0.3) is 10.9 Å². The van der Waals surface area contributed by atoms with E-state index in [2.05, 4.69) is 16.8 Å². The van der Waals surface area contributed by atoms with Crippen molar-refractivity contribution in [1.29, 1.82) is 0 Å². The van der Waals surface area contributed by atoms with Crippen LogP contribution in [0.1, 0.15) is 6.92 Å². The first-order valence-corrected chi connectivity index (χ1v) is 7.74. The van der Waals surface area contributed by atoms with Gasteiger partial charge < -0.3 is 14.5 Å². The molecule has 0 bridgehead atoms. The van der Waals surface area contributed by atoms with E-state index in [4.69, 9.17) is 4.74 Å². The average Bonchev–Trinajstić information content (AvgIpc) is 2.59. The quantitative estimate of drug-likeness (QED) is 0.863. The van der Waals surface area contributed by atoms with Crippen LogP contribution in [-0.2, 0) is 4.79 Å². The van der Waals surface area contributed by atoms with Gasteiger partial charge in [-0.25, -0.2) is 0 Å². The van der Waals surface area contributed by atoms with Crippen molar-refractivity contribution in [3.63, 3.8) is 0 Å². The predicted octanol–water partition coefficient (Wildman–Crippen LogP) is 1.78. The number of pyridine rings is 1. The number of rotatable bonds is 4. The number of benzene rings is 1. The average molecular weight is 299 g/mol. The summed E-state index contributed by atoms with van der Waals surface area (Å²) in [6, 6.07) is 9.60.